The minimum absolute atomic E-state index is 0.0801. The van der Waals surface area contributed by atoms with Crippen molar-refractivity contribution >= 4 is 11.8 Å². The summed E-state index contributed by atoms with van der Waals surface area (Å²) in [6.07, 6.45) is 1.99. The van der Waals surface area contributed by atoms with Crippen molar-refractivity contribution in [2.75, 3.05) is 20.2 Å². The molecule has 2 aliphatic rings. The van der Waals surface area contributed by atoms with E-state index in [0.717, 1.165) is 18.4 Å². The fourth-order valence-electron chi connectivity index (χ4n) is 4.83. The van der Waals surface area contributed by atoms with Gasteiger partial charge in [-0.3, -0.25) is 14.4 Å². The lowest BCUT2D eigenvalue weighted by molar-refractivity contribution is -0.134. The van der Waals surface area contributed by atoms with E-state index in [-0.39, 0.29) is 23.8 Å². The third-order valence-corrected chi connectivity index (χ3v) is 6.98. The molecule has 10 heteroatoms. The highest BCUT2D eigenvalue weighted by Crippen LogP contribution is 2.49. The molecule has 182 valence electrons. The second-order valence-electron chi connectivity index (χ2n) is 8.99. The summed E-state index contributed by atoms with van der Waals surface area (Å²) in [5, 5.41) is 10.3. The van der Waals surface area contributed by atoms with Crippen LogP contribution in [-0.2, 0) is 29.7 Å². The van der Waals surface area contributed by atoms with Gasteiger partial charge in [-0.2, -0.15) is 0 Å². The molecule has 0 unspecified atom stereocenters. The first-order chi connectivity index (χ1) is 16.9. The number of aromatic nitrogens is 3. The predicted molar refractivity (Wildman–Crippen MR) is 125 cm³/mol. The van der Waals surface area contributed by atoms with Crippen LogP contribution in [0, 0.1) is 6.92 Å². The molecule has 1 saturated carbocycles. The largest absolute Gasteiger partial charge is 0.496 e. The van der Waals surface area contributed by atoms with Crippen molar-refractivity contribution in [2.45, 2.75) is 44.7 Å². The van der Waals surface area contributed by atoms with E-state index in [4.69, 9.17) is 9.37 Å². The van der Waals surface area contributed by atoms with Gasteiger partial charge in [0.25, 0.3) is 11.5 Å². The first-order valence-electron chi connectivity index (χ1n) is 11.7. The Hall–Kier alpha value is -3.95. The molecule has 1 fully saturated rings. The number of carbonyl (C=O) groups is 2. The zero-order chi connectivity index (χ0) is 24.6. The summed E-state index contributed by atoms with van der Waals surface area (Å²) in [6, 6.07) is 11.2. The highest BCUT2D eigenvalue weighted by Gasteiger charge is 2.53. The molecule has 3 aromatic rings. The van der Waals surface area contributed by atoms with Gasteiger partial charge in [-0.25, -0.2) is 4.63 Å². The van der Waals surface area contributed by atoms with Gasteiger partial charge in [-0.05, 0) is 25.3 Å². The monoisotopic (exact) mass is 477 g/mol. The highest BCUT2D eigenvalue weighted by molar-refractivity contribution is 5.98. The first kappa shape index (κ1) is 22.8. The van der Waals surface area contributed by atoms with Crippen molar-refractivity contribution in [1.82, 2.24) is 25.1 Å². The van der Waals surface area contributed by atoms with Gasteiger partial charge >= 0.3 is 0 Å². The molecule has 35 heavy (non-hydrogen) atoms. The highest BCUT2D eigenvalue weighted by atomic mass is 16.6. The van der Waals surface area contributed by atoms with Crippen molar-refractivity contribution in [1.29, 1.82) is 0 Å². The Morgan fingerprint density at radius 3 is 2.57 bits per heavy atom. The summed E-state index contributed by atoms with van der Waals surface area (Å²) in [7, 11) is 1.43. The van der Waals surface area contributed by atoms with Crippen LogP contribution in [0.2, 0.25) is 0 Å². The SMILES string of the molecule is COc1cc(=O)n2c(c1C(=O)NCc1nonc1C)CCN(C(=O)C1(c3ccccc3)CC1)CC2. The van der Waals surface area contributed by atoms with Crippen LogP contribution in [0.25, 0.3) is 0 Å². The predicted octanol–water partition coefficient (Wildman–Crippen LogP) is 1.59. The van der Waals surface area contributed by atoms with Crippen LogP contribution in [0.15, 0.2) is 45.8 Å². The van der Waals surface area contributed by atoms with Gasteiger partial charge in [0.15, 0.2) is 0 Å². The van der Waals surface area contributed by atoms with Gasteiger partial charge in [0.1, 0.15) is 22.7 Å². The molecule has 5 rings (SSSR count). The third-order valence-electron chi connectivity index (χ3n) is 6.98. The molecule has 0 spiro atoms. The summed E-state index contributed by atoms with van der Waals surface area (Å²) < 4.78 is 11.7. The van der Waals surface area contributed by atoms with Gasteiger partial charge in [-0.1, -0.05) is 40.6 Å². The molecule has 1 aromatic carbocycles. The maximum Gasteiger partial charge on any atom is 0.257 e. The molecule has 2 aromatic heterocycles. The van der Waals surface area contributed by atoms with Crippen molar-refractivity contribution in [3.8, 4) is 5.75 Å². The molecule has 0 saturated heterocycles. The van der Waals surface area contributed by atoms with Crippen LogP contribution in [0.1, 0.15) is 45.8 Å². The topological polar surface area (TPSA) is 120 Å². The van der Waals surface area contributed by atoms with E-state index in [9.17, 15) is 14.4 Å². The number of hydrogen-bond acceptors (Lipinski definition) is 7. The van der Waals surface area contributed by atoms with Crippen LogP contribution in [0.3, 0.4) is 0 Å². The number of hydrogen-bond donors (Lipinski definition) is 1. The molecule has 0 atom stereocenters. The minimum Gasteiger partial charge on any atom is -0.496 e. The molecule has 1 N–H and O–H groups in total. The Bertz CT molecular complexity index is 1330. The summed E-state index contributed by atoms with van der Waals surface area (Å²) >= 11 is 0. The Morgan fingerprint density at radius 1 is 1.14 bits per heavy atom. The number of fused-ring (bicyclic) bond motifs is 1. The maximum atomic E-state index is 13.6. The molecule has 1 aliphatic carbocycles. The average molecular weight is 478 g/mol. The first-order valence-corrected chi connectivity index (χ1v) is 11.7. The lowest BCUT2D eigenvalue weighted by Crippen LogP contribution is -2.41. The molecule has 10 nitrogen and oxygen atoms in total. The van der Waals surface area contributed by atoms with Crippen LogP contribution in [-0.4, -0.2) is 51.8 Å². The number of methoxy groups -OCH3 is 1. The number of ether oxygens (including phenoxy) is 1. The smallest absolute Gasteiger partial charge is 0.257 e. The van der Waals surface area contributed by atoms with E-state index >= 15 is 0 Å². The van der Waals surface area contributed by atoms with E-state index < -0.39 is 11.3 Å². The van der Waals surface area contributed by atoms with Gasteiger partial charge in [0.2, 0.25) is 5.91 Å². The Morgan fingerprint density at radius 2 is 1.91 bits per heavy atom. The number of nitrogens with zero attached hydrogens (tertiary/aromatic N) is 4. The molecule has 0 radical (unpaired) electrons. The lowest BCUT2D eigenvalue weighted by atomic mass is 9.94. The van der Waals surface area contributed by atoms with Crippen molar-refractivity contribution in [3.63, 3.8) is 0 Å². The number of rotatable bonds is 6. The number of carbonyl (C=O) groups excluding carboxylic acids is 2. The molecule has 2 amide bonds. The number of aryl methyl sites for hydroxylation is 1. The van der Waals surface area contributed by atoms with E-state index in [1.54, 1.807) is 11.5 Å². The van der Waals surface area contributed by atoms with Gasteiger partial charge in [-0.15, -0.1) is 0 Å². The Labute approximate surface area is 201 Å². The molecule has 3 heterocycles. The quantitative estimate of drug-likeness (QED) is 0.573. The summed E-state index contributed by atoms with van der Waals surface area (Å²) in [5.41, 5.74) is 2.24. The third kappa shape index (κ3) is 4.09. The van der Waals surface area contributed by atoms with Crippen LogP contribution >= 0.6 is 0 Å². The summed E-state index contributed by atoms with van der Waals surface area (Å²) in [4.78, 5) is 41.5. The van der Waals surface area contributed by atoms with E-state index in [1.165, 1.54) is 13.2 Å². The second-order valence-corrected chi connectivity index (χ2v) is 8.99. The average Bonchev–Trinajstić information content (AvgIpc) is 3.63. The van der Waals surface area contributed by atoms with Crippen molar-refractivity contribution < 1.29 is 19.0 Å². The van der Waals surface area contributed by atoms with Gasteiger partial charge < -0.3 is 19.5 Å². The standard InChI is InChI=1S/C25H27N5O5/c1-16-18(28-35-27-16)15-26-23(32)22-19-8-11-29(12-13-30(19)21(31)14-20(22)34-2)24(33)25(9-10-25)17-6-4-3-5-7-17/h3-7,14H,8-13,15H2,1-2H3,(H,26,32). The zero-order valence-corrected chi connectivity index (χ0v) is 19.7. The van der Waals surface area contributed by atoms with E-state index in [2.05, 4.69) is 15.6 Å². The lowest BCUT2D eigenvalue weighted by Gasteiger charge is -2.26. The van der Waals surface area contributed by atoms with Crippen molar-refractivity contribution in [2.24, 2.45) is 0 Å². The maximum absolute atomic E-state index is 13.6. The van der Waals surface area contributed by atoms with Crippen LogP contribution in [0.5, 0.6) is 5.75 Å². The van der Waals surface area contributed by atoms with Gasteiger partial charge in [0, 0.05) is 37.8 Å². The number of pyridine rings is 1. The fourth-order valence-corrected chi connectivity index (χ4v) is 4.83. The van der Waals surface area contributed by atoms with Crippen LogP contribution < -0.4 is 15.6 Å². The summed E-state index contributed by atoms with van der Waals surface area (Å²) in [5.74, 6) is -0.108. The minimum atomic E-state index is -0.482. The molecule has 1 aliphatic heterocycles. The second kappa shape index (κ2) is 9.01. The Balaban J connectivity index is 1.41. The van der Waals surface area contributed by atoms with Gasteiger partial charge in [0.05, 0.1) is 19.1 Å². The summed E-state index contributed by atoms with van der Waals surface area (Å²) in [6.45, 7) is 2.98. The zero-order valence-electron chi connectivity index (χ0n) is 19.7. The van der Waals surface area contributed by atoms with Crippen molar-refractivity contribution in [3.05, 3.63) is 75.0 Å². The molecule has 0 bridgehead atoms. The normalized spacial score (nSPS) is 16.2. The van der Waals surface area contributed by atoms with E-state index in [1.807, 2.05) is 35.2 Å². The molecular formula is C25H27N5O5. The number of amides is 2. The van der Waals surface area contributed by atoms with E-state index in [0.29, 0.717) is 48.7 Å². The number of benzene rings is 1. The Kier molecular flexibility index (Phi) is 5.88. The molecular weight excluding hydrogens is 450 g/mol. The number of nitrogens with one attached hydrogen (secondary N) is 1. The van der Waals surface area contributed by atoms with Crippen LogP contribution in [0.4, 0.5) is 0 Å². The fraction of sp³-hybridized carbons (Fsp3) is 0.400.